The summed E-state index contributed by atoms with van der Waals surface area (Å²) in [5.74, 6) is -1.29. The number of carbonyl (C=O) groups is 3. The fraction of sp³-hybridized carbons (Fsp3) is 0.464. The second-order valence-electron chi connectivity index (χ2n) is 10.2. The van der Waals surface area contributed by atoms with Crippen molar-refractivity contribution in [1.29, 1.82) is 0 Å². The molecule has 188 valence electrons. The Morgan fingerprint density at radius 2 is 1.51 bits per heavy atom. The molecule has 2 amide bonds. The Balaban J connectivity index is 1.59. The third-order valence-corrected chi connectivity index (χ3v) is 6.49. The Morgan fingerprint density at radius 1 is 0.943 bits per heavy atom. The number of ether oxygens (including phenoxy) is 1. The van der Waals surface area contributed by atoms with Crippen LogP contribution in [0.2, 0.25) is 0 Å². The Morgan fingerprint density at radius 3 is 2.03 bits per heavy atom. The van der Waals surface area contributed by atoms with Gasteiger partial charge < -0.3 is 20.5 Å². The maximum absolute atomic E-state index is 12.7. The van der Waals surface area contributed by atoms with Crippen molar-refractivity contribution in [2.24, 2.45) is 5.41 Å². The number of fused-ring (bicyclic) bond motifs is 3. The van der Waals surface area contributed by atoms with E-state index in [1.807, 2.05) is 52.0 Å². The Bertz CT molecular complexity index is 1010. The highest BCUT2D eigenvalue weighted by Gasteiger charge is 2.31. The van der Waals surface area contributed by atoms with Gasteiger partial charge in [-0.05, 0) is 34.1 Å². The molecule has 35 heavy (non-hydrogen) atoms. The van der Waals surface area contributed by atoms with Crippen LogP contribution < -0.4 is 10.6 Å². The standard InChI is InChI=1S/C28H36N2O5/c1-5-10-18(15-25(31)30-24(16-26(32)33)28(2,3)4)29-27(34)35-17-23-21-13-8-6-11-19(21)20-12-7-9-14-22(20)23/h6-9,11-14,18,23-24H,5,10,15-17H2,1-4H3,(H,29,34)(H,30,31)(H,32,33)/t18-,24?/m0/s1. The normalized spacial score (nSPS) is 14.4. The summed E-state index contributed by atoms with van der Waals surface area (Å²) in [5.41, 5.74) is 4.18. The van der Waals surface area contributed by atoms with Gasteiger partial charge in [-0.3, -0.25) is 9.59 Å². The SMILES string of the molecule is CCC[C@@H](CC(=O)NC(CC(=O)O)C(C)(C)C)NC(=O)OCC1c2ccccc2-c2ccccc21. The largest absolute Gasteiger partial charge is 0.481 e. The summed E-state index contributed by atoms with van der Waals surface area (Å²) >= 11 is 0. The number of hydrogen-bond donors (Lipinski definition) is 3. The van der Waals surface area contributed by atoms with E-state index in [4.69, 9.17) is 4.74 Å². The average molecular weight is 481 g/mol. The molecule has 3 rings (SSSR count). The smallest absolute Gasteiger partial charge is 0.407 e. The first kappa shape index (κ1) is 26.3. The van der Waals surface area contributed by atoms with Gasteiger partial charge in [0.05, 0.1) is 6.42 Å². The summed E-state index contributed by atoms with van der Waals surface area (Å²) in [6.45, 7) is 7.85. The molecule has 3 N–H and O–H groups in total. The molecule has 0 saturated heterocycles. The Labute approximate surface area is 207 Å². The third kappa shape index (κ3) is 6.84. The first-order valence-electron chi connectivity index (χ1n) is 12.2. The number of carbonyl (C=O) groups excluding carboxylic acids is 2. The van der Waals surface area contributed by atoms with Crippen molar-refractivity contribution in [1.82, 2.24) is 10.6 Å². The molecule has 7 nitrogen and oxygen atoms in total. The number of nitrogens with one attached hydrogen (secondary N) is 2. The van der Waals surface area contributed by atoms with Gasteiger partial charge in [0.1, 0.15) is 6.61 Å². The molecule has 0 aliphatic heterocycles. The van der Waals surface area contributed by atoms with Crippen LogP contribution in [-0.4, -0.2) is 41.8 Å². The van der Waals surface area contributed by atoms with E-state index in [9.17, 15) is 19.5 Å². The molecule has 1 aliphatic rings. The van der Waals surface area contributed by atoms with Crippen molar-refractivity contribution < 1.29 is 24.2 Å². The van der Waals surface area contributed by atoms with Gasteiger partial charge in [-0.2, -0.15) is 0 Å². The lowest BCUT2D eigenvalue weighted by Gasteiger charge is -2.31. The fourth-order valence-electron chi connectivity index (χ4n) is 4.61. The molecule has 0 heterocycles. The molecule has 2 atom stereocenters. The zero-order valence-corrected chi connectivity index (χ0v) is 21.0. The number of aliphatic carboxylic acids is 1. The predicted octanol–water partition coefficient (Wildman–Crippen LogP) is 5.09. The molecule has 0 spiro atoms. The molecular formula is C28H36N2O5. The van der Waals surface area contributed by atoms with Gasteiger partial charge in [-0.15, -0.1) is 0 Å². The van der Waals surface area contributed by atoms with Crippen molar-refractivity contribution in [3.63, 3.8) is 0 Å². The predicted molar refractivity (Wildman–Crippen MR) is 135 cm³/mol. The van der Waals surface area contributed by atoms with E-state index in [1.54, 1.807) is 0 Å². The van der Waals surface area contributed by atoms with E-state index >= 15 is 0 Å². The quantitative estimate of drug-likeness (QED) is 0.439. The maximum Gasteiger partial charge on any atom is 0.407 e. The monoisotopic (exact) mass is 480 g/mol. The average Bonchev–Trinajstić information content (AvgIpc) is 3.10. The summed E-state index contributed by atoms with van der Waals surface area (Å²) in [6, 6.07) is 15.4. The lowest BCUT2D eigenvalue weighted by Crippen LogP contribution is -2.47. The molecule has 0 bridgehead atoms. The minimum Gasteiger partial charge on any atom is -0.481 e. The van der Waals surface area contributed by atoms with Crippen LogP contribution >= 0.6 is 0 Å². The van der Waals surface area contributed by atoms with Gasteiger partial charge >= 0.3 is 12.1 Å². The van der Waals surface area contributed by atoms with Crippen LogP contribution in [-0.2, 0) is 14.3 Å². The van der Waals surface area contributed by atoms with E-state index < -0.39 is 29.6 Å². The van der Waals surface area contributed by atoms with Crippen molar-refractivity contribution in [3.8, 4) is 11.1 Å². The van der Waals surface area contributed by atoms with E-state index in [0.29, 0.717) is 6.42 Å². The Kier molecular flexibility index (Phi) is 8.54. The highest BCUT2D eigenvalue weighted by Crippen LogP contribution is 2.44. The second kappa shape index (κ2) is 11.4. The van der Waals surface area contributed by atoms with Crippen LogP contribution in [0.4, 0.5) is 4.79 Å². The number of benzene rings is 2. The molecule has 2 aromatic carbocycles. The lowest BCUT2D eigenvalue weighted by molar-refractivity contribution is -0.138. The number of hydrogen-bond acceptors (Lipinski definition) is 4. The second-order valence-corrected chi connectivity index (χ2v) is 10.2. The number of carboxylic acids is 1. The first-order valence-corrected chi connectivity index (χ1v) is 12.2. The highest BCUT2D eigenvalue weighted by atomic mass is 16.5. The van der Waals surface area contributed by atoms with Crippen LogP contribution in [0.25, 0.3) is 11.1 Å². The minimum atomic E-state index is -0.966. The van der Waals surface area contributed by atoms with Crippen LogP contribution in [0.1, 0.15) is 70.4 Å². The van der Waals surface area contributed by atoms with Crippen molar-refractivity contribution in [2.45, 2.75) is 71.4 Å². The van der Waals surface area contributed by atoms with Gasteiger partial charge in [0.25, 0.3) is 0 Å². The van der Waals surface area contributed by atoms with Crippen LogP contribution in [0.3, 0.4) is 0 Å². The fourth-order valence-corrected chi connectivity index (χ4v) is 4.61. The molecule has 2 aromatic rings. The van der Waals surface area contributed by atoms with Crippen LogP contribution in [0, 0.1) is 5.41 Å². The number of amides is 2. The third-order valence-electron chi connectivity index (χ3n) is 6.49. The number of carboxylic acid groups (broad SMARTS) is 1. The van der Waals surface area contributed by atoms with E-state index in [-0.39, 0.29) is 31.3 Å². The molecule has 7 heteroatoms. The van der Waals surface area contributed by atoms with Crippen molar-refractivity contribution >= 4 is 18.0 Å². The van der Waals surface area contributed by atoms with Gasteiger partial charge in [0.2, 0.25) is 5.91 Å². The Hall–Kier alpha value is -3.35. The molecular weight excluding hydrogens is 444 g/mol. The topological polar surface area (TPSA) is 105 Å². The van der Waals surface area contributed by atoms with E-state index in [0.717, 1.165) is 28.7 Å². The zero-order valence-electron chi connectivity index (χ0n) is 21.0. The van der Waals surface area contributed by atoms with Crippen LogP contribution in [0.15, 0.2) is 48.5 Å². The molecule has 0 aromatic heterocycles. The summed E-state index contributed by atoms with van der Waals surface area (Å²) < 4.78 is 5.63. The summed E-state index contributed by atoms with van der Waals surface area (Å²) in [7, 11) is 0. The van der Waals surface area contributed by atoms with E-state index in [1.165, 1.54) is 0 Å². The van der Waals surface area contributed by atoms with Crippen LogP contribution in [0.5, 0.6) is 0 Å². The molecule has 0 radical (unpaired) electrons. The molecule has 1 aliphatic carbocycles. The lowest BCUT2D eigenvalue weighted by atomic mass is 9.84. The minimum absolute atomic E-state index is 0.0374. The number of rotatable bonds is 10. The molecule has 0 saturated carbocycles. The maximum atomic E-state index is 12.7. The summed E-state index contributed by atoms with van der Waals surface area (Å²) in [5, 5.41) is 14.9. The van der Waals surface area contributed by atoms with Crippen molar-refractivity contribution in [2.75, 3.05) is 6.61 Å². The van der Waals surface area contributed by atoms with Gasteiger partial charge in [0.15, 0.2) is 0 Å². The van der Waals surface area contributed by atoms with E-state index in [2.05, 4.69) is 34.9 Å². The molecule has 1 unspecified atom stereocenters. The van der Waals surface area contributed by atoms with Gasteiger partial charge in [0, 0.05) is 24.4 Å². The summed E-state index contributed by atoms with van der Waals surface area (Å²) in [6.07, 6.45) is 0.726. The molecule has 0 fully saturated rings. The zero-order chi connectivity index (χ0) is 25.6. The number of alkyl carbamates (subject to hydrolysis) is 1. The first-order chi connectivity index (χ1) is 16.6. The van der Waals surface area contributed by atoms with Crippen molar-refractivity contribution in [3.05, 3.63) is 59.7 Å². The van der Waals surface area contributed by atoms with Gasteiger partial charge in [-0.25, -0.2) is 4.79 Å². The van der Waals surface area contributed by atoms with Gasteiger partial charge in [-0.1, -0.05) is 82.6 Å². The highest BCUT2D eigenvalue weighted by molar-refractivity contribution is 5.80. The summed E-state index contributed by atoms with van der Waals surface area (Å²) in [4.78, 5) is 36.6.